The molecule has 268 valence electrons. The van der Waals surface area contributed by atoms with E-state index in [4.69, 9.17) is 4.74 Å². The van der Waals surface area contributed by atoms with Crippen LogP contribution in [0.4, 0.5) is 0 Å². The van der Waals surface area contributed by atoms with Gasteiger partial charge in [-0.2, -0.15) is 0 Å². The summed E-state index contributed by atoms with van der Waals surface area (Å²) in [5.41, 5.74) is 0. The number of ketones is 1. The minimum absolute atomic E-state index is 0.0585. The summed E-state index contributed by atoms with van der Waals surface area (Å²) in [5, 5.41) is 2.84. The lowest BCUT2D eigenvalue weighted by atomic mass is 9.93. The number of allylic oxidation sites excluding steroid dienone is 4. The molecule has 0 fully saturated rings. The summed E-state index contributed by atoms with van der Waals surface area (Å²) in [5.74, 6) is -0.678. The van der Waals surface area contributed by atoms with E-state index in [0.29, 0.717) is 12.8 Å². The van der Waals surface area contributed by atoms with E-state index in [-0.39, 0.29) is 30.0 Å². The number of hydrogen-bond acceptors (Lipinski definition) is 4. The van der Waals surface area contributed by atoms with Crippen molar-refractivity contribution in [1.29, 1.82) is 0 Å². The Labute approximate surface area is 285 Å². The van der Waals surface area contributed by atoms with Crippen molar-refractivity contribution < 1.29 is 19.1 Å². The Morgan fingerprint density at radius 3 is 1.41 bits per heavy atom. The fourth-order valence-electron chi connectivity index (χ4n) is 5.79. The Morgan fingerprint density at radius 1 is 0.565 bits per heavy atom. The molecule has 0 spiro atoms. The smallest absolute Gasteiger partial charge is 0.307 e. The molecule has 0 aromatic rings. The number of Topliss-reactive ketones (excluding diaryl/α,β-unsaturated/α-hetero) is 1. The van der Waals surface area contributed by atoms with Gasteiger partial charge >= 0.3 is 5.97 Å². The van der Waals surface area contributed by atoms with Crippen LogP contribution in [0.15, 0.2) is 24.3 Å². The number of nitrogens with one attached hydrogen (secondary N) is 1. The van der Waals surface area contributed by atoms with Crippen LogP contribution < -0.4 is 5.32 Å². The monoisotopic (exact) mass is 646 g/mol. The van der Waals surface area contributed by atoms with Crippen molar-refractivity contribution in [3.63, 3.8) is 0 Å². The molecule has 0 aromatic carbocycles. The molecule has 1 amide bonds. The van der Waals surface area contributed by atoms with Gasteiger partial charge in [-0.05, 0) is 71.1 Å². The van der Waals surface area contributed by atoms with Crippen molar-refractivity contribution >= 4 is 17.7 Å². The van der Waals surface area contributed by atoms with Gasteiger partial charge in [-0.3, -0.25) is 14.4 Å². The average molecular weight is 646 g/mol. The lowest BCUT2D eigenvalue weighted by Gasteiger charge is -2.20. The van der Waals surface area contributed by atoms with Gasteiger partial charge in [0.15, 0.2) is 6.23 Å². The van der Waals surface area contributed by atoms with Crippen molar-refractivity contribution in [1.82, 2.24) is 5.32 Å². The number of carbonyl (C=O) groups is 3. The molecule has 0 radical (unpaired) electrons. The average Bonchev–Trinajstić information content (AvgIpc) is 3.04. The molecule has 2 atom stereocenters. The van der Waals surface area contributed by atoms with Crippen LogP contribution >= 0.6 is 0 Å². The number of hydrogen-bond donors (Lipinski definition) is 1. The van der Waals surface area contributed by atoms with Crippen LogP contribution in [0.5, 0.6) is 0 Å². The number of amides is 1. The highest BCUT2D eigenvalue weighted by Crippen LogP contribution is 2.17. The summed E-state index contributed by atoms with van der Waals surface area (Å²) in [7, 11) is 0. The van der Waals surface area contributed by atoms with Crippen LogP contribution in [0, 0.1) is 5.92 Å². The molecule has 0 aliphatic heterocycles. The zero-order valence-corrected chi connectivity index (χ0v) is 30.9. The first-order valence-electron chi connectivity index (χ1n) is 19.7. The molecule has 0 aliphatic rings. The molecule has 46 heavy (non-hydrogen) atoms. The molecular weight excluding hydrogens is 570 g/mol. The molecule has 0 rings (SSSR count). The summed E-state index contributed by atoms with van der Waals surface area (Å²) in [6, 6.07) is 0. The van der Waals surface area contributed by atoms with Crippen LogP contribution in [-0.2, 0) is 19.1 Å². The normalized spacial score (nSPS) is 13.0. The summed E-state index contributed by atoms with van der Waals surface area (Å²) >= 11 is 0. The topological polar surface area (TPSA) is 72.5 Å². The number of esters is 1. The Hall–Kier alpha value is -1.91. The maximum absolute atomic E-state index is 12.7. The third kappa shape index (κ3) is 30.7. The molecule has 5 nitrogen and oxygen atoms in total. The standard InChI is InChI=1S/C41H75NO4/c1-5-8-10-12-14-16-18-20-21-23-25-27-29-31-33-35-41(45)46-40(7-3)42-39(44)36-38(37(4)43)34-32-30-28-26-24-22-19-17-15-13-11-9-6-2/h20-22,24,38,40H,5-19,23,25-36H2,1-4H3,(H,42,44). The third-order valence-electron chi connectivity index (χ3n) is 8.93. The van der Waals surface area contributed by atoms with E-state index in [1.807, 2.05) is 6.92 Å². The van der Waals surface area contributed by atoms with Crippen LogP contribution in [0.1, 0.15) is 207 Å². The van der Waals surface area contributed by atoms with Crippen LogP contribution in [0.25, 0.3) is 0 Å². The molecule has 0 saturated carbocycles. The van der Waals surface area contributed by atoms with E-state index in [2.05, 4.69) is 43.5 Å². The molecule has 2 unspecified atom stereocenters. The quantitative estimate of drug-likeness (QED) is 0.0327. The highest BCUT2D eigenvalue weighted by atomic mass is 16.6. The lowest BCUT2D eigenvalue weighted by Crippen LogP contribution is -2.39. The molecule has 0 bridgehead atoms. The molecule has 0 aliphatic carbocycles. The van der Waals surface area contributed by atoms with Crippen molar-refractivity contribution in [2.45, 2.75) is 214 Å². The van der Waals surface area contributed by atoms with Crippen LogP contribution in [0.3, 0.4) is 0 Å². The highest BCUT2D eigenvalue weighted by Gasteiger charge is 2.21. The fraction of sp³-hybridized carbons (Fsp3) is 0.829. The van der Waals surface area contributed by atoms with Crippen molar-refractivity contribution in [2.24, 2.45) is 5.92 Å². The predicted octanol–water partition coefficient (Wildman–Crippen LogP) is 12.3. The summed E-state index contributed by atoms with van der Waals surface area (Å²) < 4.78 is 5.54. The van der Waals surface area contributed by atoms with Crippen molar-refractivity contribution in [2.75, 3.05) is 0 Å². The Morgan fingerprint density at radius 2 is 0.978 bits per heavy atom. The van der Waals surface area contributed by atoms with Gasteiger partial charge in [-0.1, -0.05) is 141 Å². The van der Waals surface area contributed by atoms with Crippen molar-refractivity contribution in [3.8, 4) is 0 Å². The minimum atomic E-state index is -0.626. The SMILES string of the molecule is CCCCCCCCC=CCCCCCCCC(=O)OC(CC)NC(=O)CC(CCCCCC=CCCCCCCCC)C(C)=O. The zero-order chi connectivity index (χ0) is 33.9. The molecule has 0 aromatic heterocycles. The van der Waals surface area contributed by atoms with E-state index in [1.54, 1.807) is 6.92 Å². The van der Waals surface area contributed by atoms with E-state index < -0.39 is 6.23 Å². The molecular formula is C41H75NO4. The minimum Gasteiger partial charge on any atom is -0.442 e. The van der Waals surface area contributed by atoms with Gasteiger partial charge in [0.2, 0.25) is 5.91 Å². The lowest BCUT2D eigenvalue weighted by molar-refractivity contribution is -0.152. The second-order valence-corrected chi connectivity index (χ2v) is 13.5. The van der Waals surface area contributed by atoms with Gasteiger partial charge in [0.1, 0.15) is 5.78 Å². The van der Waals surface area contributed by atoms with E-state index in [9.17, 15) is 14.4 Å². The fourth-order valence-corrected chi connectivity index (χ4v) is 5.79. The number of ether oxygens (including phenoxy) is 1. The summed E-state index contributed by atoms with van der Waals surface area (Å²) in [6.07, 6.45) is 39.7. The van der Waals surface area contributed by atoms with Gasteiger partial charge in [-0.15, -0.1) is 0 Å². The summed E-state index contributed by atoms with van der Waals surface area (Å²) in [4.78, 5) is 37.3. The number of carbonyl (C=O) groups excluding carboxylic acids is 3. The Balaban J connectivity index is 3.94. The first kappa shape index (κ1) is 44.1. The largest absolute Gasteiger partial charge is 0.442 e. The van der Waals surface area contributed by atoms with Gasteiger partial charge in [0, 0.05) is 25.2 Å². The first-order valence-corrected chi connectivity index (χ1v) is 19.7. The van der Waals surface area contributed by atoms with E-state index in [0.717, 1.165) is 57.8 Å². The Bertz CT molecular complexity index is 774. The van der Waals surface area contributed by atoms with Crippen LogP contribution in [-0.4, -0.2) is 23.9 Å². The predicted molar refractivity (Wildman–Crippen MR) is 197 cm³/mol. The van der Waals surface area contributed by atoms with Crippen molar-refractivity contribution in [3.05, 3.63) is 24.3 Å². The molecule has 5 heteroatoms. The van der Waals surface area contributed by atoms with E-state index in [1.165, 1.54) is 103 Å². The third-order valence-corrected chi connectivity index (χ3v) is 8.93. The van der Waals surface area contributed by atoms with Gasteiger partial charge in [-0.25, -0.2) is 0 Å². The van der Waals surface area contributed by atoms with Crippen LogP contribution in [0.2, 0.25) is 0 Å². The second-order valence-electron chi connectivity index (χ2n) is 13.5. The van der Waals surface area contributed by atoms with Gasteiger partial charge in [0.25, 0.3) is 0 Å². The number of rotatable bonds is 34. The van der Waals surface area contributed by atoms with E-state index >= 15 is 0 Å². The summed E-state index contributed by atoms with van der Waals surface area (Å²) in [6.45, 7) is 7.99. The second kappa shape index (κ2) is 34.4. The maximum atomic E-state index is 12.7. The highest BCUT2D eigenvalue weighted by molar-refractivity contribution is 5.85. The zero-order valence-electron chi connectivity index (χ0n) is 30.9. The first-order chi connectivity index (χ1) is 22.4. The Kier molecular flexibility index (Phi) is 33.0. The molecule has 1 N–H and O–H groups in total. The maximum Gasteiger partial charge on any atom is 0.307 e. The molecule has 0 heterocycles. The van der Waals surface area contributed by atoms with Gasteiger partial charge < -0.3 is 10.1 Å². The van der Waals surface area contributed by atoms with Gasteiger partial charge in [0.05, 0.1) is 0 Å². The molecule has 0 saturated heterocycles. The number of unbranched alkanes of at least 4 members (excludes halogenated alkanes) is 20.